The summed E-state index contributed by atoms with van der Waals surface area (Å²) < 4.78 is 26.6. The van der Waals surface area contributed by atoms with Crippen LogP contribution in [0.25, 0.3) is 0 Å². The monoisotopic (exact) mass is 371 g/mol. The summed E-state index contributed by atoms with van der Waals surface area (Å²) in [6.07, 6.45) is 2.72. The first kappa shape index (κ1) is 19.1. The molecule has 0 spiro atoms. The molecule has 0 saturated heterocycles. The van der Waals surface area contributed by atoms with Gasteiger partial charge in [0.25, 0.3) is 0 Å². The number of hydrogen-bond donors (Lipinski definition) is 1. The third-order valence-corrected chi connectivity index (χ3v) is 6.72. The van der Waals surface area contributed by atoms with Gasteiger partial charge in [-0.15, -0.1) is 0 Å². The zero-order chi connectivity index (χ0) is 16.2. The lowest BCUT2D eigenvalue weighted by Crippen LogP contribution is -2.35. The van der Waals surface area contributed by atoms with E-state index in [0.29, 0.717) is 5.56 Å². The minimum atomic E-state index is -3.73. The highest BCUT2D eigenvalue weighted by Gasteiger charge is 2.28. The molecule has 0 fully saturated rings. The molecule has 1 unspecified atom stereocenters. The van der Waals surface area contributed by atoms with Crippen molar-refractivity contribution in [2.75, 3.05) is 19.1 Å². The van der Waals surface area contributed by atoms with Gasteiger partial charge in [0.2, 0.25) is 10.0 Å². The molecule has 8 heteroatoms. The number of thioether (sulfide) groups is 1. The van der Waals surface area contributed by atoms with Gasteiger partial charge in [0.05, 0.1) is 11.6 Å². The van der Waals surface area contributed by atoms with Crippen LogP contribution in [0.4, 0.5) is 0 Å². The van der Waals surface area contributed by atoms with Crippen LogP contribution in [0.1, 0.15) is 18.9 Å². The summed E-state index contributed by atoms with van der Waals surface area (Å²) in [5.41, 5.74) is 0.338. The summed E-state index contributed by atoms with van der Waals surface area (Å²) in [6, 6.07) is 2.53. The van der Waals surface area contributed by atoms with Gasteiger partial charge in [-0.2, -0.15) is 16.1 Å². The molecule has 1 rings (SSSR count). The van der Waals surface area contributed by atoms with E-state index in [1.54, 1.807) is 11.8 Å². The number of halogens is 2. The Morgan fingerprint density at radius 2 is 1.95 bits per heavy atom. The molecule has 0 radical (unpaired) electrons. The number of rotatable bonds is 7. The number of benzene rings is 1. The lowest BCUT2D eigenvalue weighted by atomic mass is 10.2. The smallest absolute Gasteiger partial charge is 0.244 e. The summed E-state index contributed by atoms with van der Waals surface area (Å²) in [6.45, 7) is 1.51. The van der Waals surface area contributed by atoms with Crippen molar-refractivity contribution in [2.24, 2.45) is 0 Å². The molecule has 1 N–H and O–H groups in total. The second kappa shape index (κ2) is 8.04. The lowest BCUT2D eigenvalue weighted by molar-refractivity contribution is 0.281. The molecule has 0 saturated carbocycles. The molecule has 0 aliphatic carbocycles. The van der Waals surface area contributed by atoms with E-state index in [1.807, 2.05) is 13.2 Å². The van der Waals surface area contributed by atoms with Crippen molar-refractivity contribution in [3.05, 3.63) is 27.7 Å². The second-order valence-corrected chi connectivity index (χ2v) is 8.45. The minimum absolute atomic E-state index is 0.0314. The SMILES string of the molecule is CSCCC(C)N(C)S(=O)(=O)c1cc(CO)c(Cl)cc1Cl. The summed E-state index contributed by atoms with van der Waals surface area (Å²) in [7, 11) is -2.19. The van der Waals surface area contributed by atoms with E-state index in [9.17, 15) is 13.5 Å². The normalized spacial score (nSPS) is 13.7. The van der Waals surface area contributed by atoms with Crippen molar-refractivity contribution in [1.29, 1.82) is 0 Å². The van der Waals surface area contributed by atoms with Crippen molar-refractivity contribution in [3.8, 4) is 0 Å². The van der Waals surface area contributed by atoms with Crippen LogP contribution in [0.15, 0.2) is 17.0 Å². The van der Waals surface area contributed by atoms with Gasteiger partial charge < -0.3 is 5.11 Å². The van der Waals surface area contributed by atoms with Crippen LogP contribution in [0, 0.1) is 0 Å². The van der Waals surface area contributed by atoms with Gasteiger partial charge >= 0.3 is 0 Å². The average Bonchev–Trinajstić information content (AvgIpc) is 2.43. The highest BCUT2D eigenvalue weighted by molar-refractivity contribution is 7.98. The quantitative estimate of drug-likeness (QED) is 0.798. The van der Waals surface area contributed by atoms with Gasteiger partial charge in [0.1, 0.15) is 4.90 Å². The zero-order valence-electron chi connectivity index (χ0n) is 12.1. The molecule has 0 amide bonds. The molecule has 0 heterocycles. The number of sulfonamides is 1. The van der Waals surface area contributed by atoms with E-state index >= 15 is 0 Å². The van der Waals surface area contributed by atoms with Crippen LogP contribution >= 0.6 is 35.0 Å². The average molecular weight is 372 g/mol. The fourth-order valence-corrected chi connectivity index (χ4v) is 4.55. The molecule has 0 bridgehead atoms. The highest BCUT2D eigenvalue weighted by Crippen LogP contribution is 2.31. The molecular formula is C13H19Cl2NO3S2. The Balaban J connectivity index is 3.18. The highest BCUT2D eigenvalue weighted by atomic mass is 35.5. The summed E-state index contributed by atoms with van der Waals surface area (Å²) in [4.78, 5) is -0.0314. The summed E-state index contributed by atoms with van der Waals surface area (Å²) >= 11 is 13.6. The topological polar surface area (TPSA) is 57.6 Å². The fraction of sp³-hybridized carbons (Fsp3) is 0.538. The lowest BCUT2D eigenvalue weighted by Gasteiger charge is -2.25. The number of nitrogens with zero attached hydrogens (tertiary/aromatic N) is 1. The van der Waals surface area contributed by atoms with E-state index in [0.717, 1.165) is 12.2 Å². The predicted molar refractivity (Wildman–Crippen MR) is 89.8 cm³/mol. The van der Waals surface area contributed by atoms with E-state index in [4.69, 9.17) is 23.2 Å². The van der Waals surface area contributed by atoms with Gasteiger partial charge in [-0.1, -0.05) is 23.2 Å². The molecule has 4 nitrogen and oxygen atoms in total. The Morgan fingerprint density at radius 3 is 2.48 bits per heavy atom. The number of aliphatic hydroxyl groups excluding tert-OH is 1. The molecule has 1 aromatic rings. The second-order valence-electron chi connectivity index (χ2n) is 4.68. The van der Waals surface area contributed by atoms with Crippen molar-refractivity contribution in [3.63, 3.8) is 0 Å². The van der Waals surface area contributed by atoms with Crippen molar-refractivity contribution < 1.29 is 13.5 Å². The first-order valence-corrected chi connectivity index (χ1v) is 9.90. The minimum Gasteiger partial charge on any atom is -0.392 e. The zero-order valence-corrected chi connectivity index (χ0v) is 15.3. The van der Waals surface area contributed by atoms with Crippen LogP contribution in [-0.2, 0) is 16.6 Å². The molecular weight excluding hydrogens is 353 g/mol. The molecule has 120 valence electrons. The van der Waals surface area contributed by atoms with E-state index in [2.05, 4.69) is 0 Å². The van der Waals surface area contributed by atoms with E-state index < -0.39 is 10.0 Å². The third kappa shape index (κ3) is 4.50. The largest absolute Gasteiger partial charge is 0.392 e. The van der Waals surface area contributed by atoms with Gasteiger partial charge in [-0.3, -0.25) is 0 Å². The van der Waals surface area contributed by atoms with Crippen LogP contribution in [-0.4, -0.2) is 42.9 Å². The maximum Gasteiger partial charge on any atom is 0.244 e. The first-order valence-electron chi connectivity index (χ1n) is 6.31. The molecule has 0 aliphatic rings. The maximum absolute atomic E-state index is 12.6. The maximum atomic E-state index is 12.6. The number of aliphatic hydroxyl groups is 1. The molecule has 1 aromatic carbocycles. The first-order chi connectivity index (χ1) is 9.75. The van der Waals surface area contributed by atoms with Gasteiger partial charge in [-0.25, -0.2) is 8.42 Å². The molecule has 21 heavy (non-hydrogen) atoms. The van der Waals surface area contributed by atoms with Crippen LogP contribution in [0.3, 0.4) is 0 Å². The van der Waals surface area contributed by atoms with Crippen LogP contribution < -0.4 is 0 Å². The molecule has 0 aliphatic heterocycles. The summed E-state index contributed by atoms with van der Waals surface area (Å²) in [5.74, 6) is 0.872. The van der Waals surface area contributed by atoms with E-state index in [1.165, 1.54) is 23.5 Å². The van der Waals surface area contributed by atoms with Crippen molar-refractivity contribution in [2.45, 2.75) is 30.9 Å². The van der Waals surface area contributed by atoms with Crippen LogP contribution in [0.5, 0.6) is 0 Å². The third-order valence-electron chi connectivity index (χ3n) is 3.29. The Morgan fingerprint density at radius 1 is 1.33 bits per heavy atom. The fourth-order valence-electron chi connectivity index (χ4n) is 1.75. The Kier molecular flexibility index (Phi) is 7.30. The van der Waals surface area contributed by atoms with Gasteiger partial charge in [0, 0.05) is 18.1 Å². The van der Waals surface area contributed by atoms with Crippen LogP contribution in [0.2, 0.25) is 10.0 Å². The predicted octanol–water partition coefficient (Wildman–Crippen LogP) is 3.25. The Hall–Kier alpha value is 0.0200. The standard InChI is InChI=1S/C13H19Cl2NO3S2/c1-9(4-5-20-3)16(2)21(18,19)13-6-10(8-17)11(14)7-12(13)15/h6-7,9,17H,4-5,8H2,1-3H3. The van der Waals surface area contributed by atoms with Crippen molar-refractivity contribution >= 4 is 45.0 Å². The Bertz CT molecular complexity index is 593. The van der Waals surface area contributed by atoms with E-state index in [-0.39, 0.29) is 27.6 Å². The Labute approximate surface area is 140 Å². The number of hydrogen-bond acceptors (Lipinski definition) is 4. The van der Waals surface area contributed by atoms with Gasteiger partial charge in [0.15, 0.2) is 0 Å². The van der Waals surface area contributed by atoms with Gasteiger partial charge in [-0.05, 0) is 43.0 Å². The molecule has 1 atom stereocenters. The van der Waals surface area contributed by atoms with Crippen molar-refractivity contribution in [1.82, 2.24) is 4.31 Å². The summed E-state index contributed by atoms with van der Waals surface area (Å²) in [5, 5.41) is 9.53. The molecule has 0 aromatic heterocycles.